The molecule has 0 radical (unpaired) electrons. The number of aryl methyl sites for hydroxylation is 1. The van der Waals surface area contributed by atoms with Crippen LogP contribution in [0.5, 0.6) is 0 Å². The van der Waals surface area contributed by atoms with Crippen LogP contribution in [0.1, 0.15) is 16.2 Å². The summed E-state index contributed by atoms with van der Waals surface area (Å²) in [6.07, 6.45) is 3.57. The molecule has 0 unspecified atom stereocenters. The van der Waals surface area contributed by atoms with Gasteiger partial charge in [-0.25, -0.2) is 9.97 Å². The molecule has 0 aliphatic heterocycles. The smallest absolute Gasteiger partial charge is 0.252 e. The zero-order chi connectivity index (χ0) is 13.0. The molecule has 0 aliphatic rings. The number of nitrogens with one attached hydrogen (secondary N) is 1. The number of anilines is 1. The van der Waals surface area contributed by atoms with Gasteiger partial charge in [0, 0.05) is 26.2 Å². The van der Waals surface area contributed by atoms with E-state index < -0.39 is 0 Å². The summed E-state index contributed by atoms with van der Waals surface area (Å²) in [5.41, 5.74) is 5.94. The summed E-state index contributed by atoms with van der Waals surface area (Å²) in [5, 5.41) is 6.73. The van der Waals surface area contributed by atoms with Crippen molar-refractivity contribution >= 4 is 11.7 Å². The van der Waals surface area contributed by atoms with Gasteiger partial charge in [-0.05, 0) is 12.1 Å². The Morgan fingerprint density at radius 3 is 2.89 bits per heavy atom. The van der Waals surface area contributed by atoms with Gasteiger partial charge in [0.25, 0.3) is 5.91 Å². The fourth-order valence-electron chi connectivity index (χ4n) is 1.48. The van der Waals surface area contributed by atoms with Crippen LogP contribution in [0, 0.1) is 0 Å². The molecule has 2 aromatic heterocycles. The zero-order valence-electron chi connectivity index (χ0n) is 10.00. The Bertz CT molecular complexity index is 533. The molecule has 7 nitrogen and oxygen atoms in total. The molecule has 94 valence electrons. The second kappa shape index (κ2) is 5.26. The SMILES string of the molecule is Cn1ncnc1CCNC(=O)c1ccc(N)nc1. The molecular weight excluding hydrogens is 232 g/mol. The summed E-state index contributed by atoms with van der Waals surface area (Å²) in [5.74, 6) is 1.04. The second-order valence-corrected chi connectivity index (χ2v) is 3.78. The Labute approximate surface area is 104 Å². The summed E-state index contributed by atoms with van der Waals surface area (Å²) < 4.78 is 1.68. The van der Waals surface area contributed by atoms with Gasteiger partial charge < -0.3 is 11.1 Å². The number of aromatic nitrogens is 4. The highest BCUT2D eigenvalue weighted by molar-refractivity contribution is 5.93. The third-order valence-corrected chi connectivity index (χ3v) is 2.49. The minimum absolute atomic E-state index is 0.176. The van der Waals surface area contributed by atoms with Crippen LogP contribution < -0.4 is 11.1 Å². The van der Waals surface area contributed by atoms with Crippen LogP contribution in [-0.4, -0.2) is 32.2 Å². The molecule has 0 saturated carbocycles. The highest BCUT2D eigenvalue weighted by Crippen LogP contribution is 2.01. The van der Waals surface area contributed by atoms with Crippen molar-refractivity contribution in [1.82, 2.24) is 25.1 Å². The molecule has 2 heterocycles. The molecule has 0 bridgehead atoms. The average Bonchev–Trinajstić information content (AvgIpc) is 2.76. The summed E-state index contributed by atoms with van der Waals surface area (Å²) >= 11 is 0. The van der Waals surface area contributed by atoms with Crippen LogP contribution in [0.2, 0.25) is 0 Å². The first-order valence-corrected chi connectivity index (χ1v) is 5.49. The van der Waals surface area contributed by atoms with Crippen LogP contribution in [0.15, 0.2) is 24.7 Å². The summed E-state index contributed by atoms with van der Waals surface area (Å²) in [7, 11) is 1.81. The fourth-order valence-corrected chi connectivity index (χ4v) is 1.48. The van der Waals surface area contributed by atoms with Crippen LogP contribution >= 0.6 is 0 Å². The first-order chi connectivity index (χ1) is 8.66. The first kappa shape index (κ1) is 12.0. The van der Waals surface area contributed by atoms with E-state index in [2.05, 4.69) is 20.4 Å². The van der Waals surface area contributed by atoms with Gasteiger partial charge in [0.2, 0.25) is 0 Å². The molecule has 0 aromatic carbocycles. The Morgan fingerprint density at radius 2 is 2.28 bits per heavy atom. The van der Waals surface area contributed by atoms with Gasteiger partial charge in [0.15, 0.2) is 0 Å². The number of nitrogens with two attached hydrogens (primary N) is 1. The maximum absolute atomic E-state index is 11.7. The Kier molecular flexibility index (Phi) is 3.52. The summed E-state index contributed by atoms with van der Waals surface area (Å²) in [4.78, 5) is 19.7. The standard InChI is InChI=1S/C11H14N6O/c1-17-10(15-7-16-17)4-5-13-11(18)8-2-3-9(12)14-6-8/h2-3,6-7H,4-5H2,1H3,(H2,12,14)(H,13,18). The maximum Gasteiger partial charge on any atom is 0.252 e. The van der Waals surface area contributed by atoms with Gasteiger partial charge in [0.1, 0.15) is 18.0 Å². The topological polar surface area (TPSA) is 98.7 Å². The van der Waals surface area contributed by atoms with Crippen LogP contribution in [-0.2, 0) is 13.5 Å². The van der Waals surface area contributed by atoms with Gasteiger partial charge in [-0.2, -0.15) is 5.10 Å². The number of rotatable bonds is 4. The molecule has 1 amide bonds. The number of pyridine rings is 1. The van der Waals surface area contributed by atoms with Crippen LogP contribution in [0.4, 0.5) is 5.82 Å². The first-order valence-electron chi connectivity index (χ1n) is 5.49. The molecular formula is C11H14N6O. The largest absolute Gasteiger partial charge is 0.384 e. The van der Waals surface area contributed by atoms with E-state index >= 15 is 0 Å². The van der Waals surface area contributed by atoms with Crippen molar-refractivity contribution in [2.45, 2.75) is 6.42 Å². The molecule has 0 saturated heterocycles. The van der Waals surface area contributed by atoms with Gasteiger partial charge in [-0.1, -0.05) is 0 Å². The highest BCUT2D eigenvalue weighted by atomic mass is 16.1. The third kappa shape index (κ3) is 2.82. The fraction of sp³-hybridized carbons (Fsp3) is 0.273. The van der Waals surface area contributed by atoms with Gasteiger partial charge in [-0.15, -0.1) is 0 Å². The Balaban J connectivity index is 1.85. The van der Waals surface area contributed by atoms with E-state index in [-0.39, 0.29) is 5.91 Å². The highest BCUT2D eigenvalue weighted by Gasteiger charge is 2.06. The molecule has 0 aliphatic carbocycles. The molecule has 0 fully saturated rings. The van der Waals surface area contributed by atoms with E-state index in [1.165, 1.54) is 12.5 Å². The zero-order valence-corrected chi connectivity index (χ0v) is 10.00. The Morgan fingerprint density at radius 1 is 1.44 bits per heavy atom. The monoisotopic (exact) mass is 246 g/mol. The van der Waals surface area contributed by atoms with Crippen molar-refractivity contribution in [2.75, 3.05) is 12.3 Å². The third-order valence-electron chi connectivity index (χ3n) is 2.49. The van der Waals surface area contributed by atoms with Crippen LogP contribution in [0.3, 0.4) is 0 Å². The number of carbonyl (C=O) groups is 1. The van der Waals surface area contributed by atoms with Crippen molar-refractivity contribution < 1.29 is 4.79 Å². The molecule has 18 heavy (non-hydrogen) atoms. The molecule has 0 spiro atoms. The normalized spacial score (nSPS) is 10.3. The number of carbonyl (C=O) groups excluding carboxylic acids is 1. The van der Waals surface area contributed by atoms with Crippen LogP contribution in [0.25, 0.3) is 0 Å². The minimum Gasteiger partial charge on any atom is -0.384 e. The number of hydrogen-bond donors (Lipinski definition) is 2. The van der Waals surface area contributed by atoms with E-state index in [0.29, 0.717) is 24.3 Å². The lowest BCUT2D eigenvalue weighted by Gasteiger charge is -2.04. The molecule has 7 heteroatoms. The number of amides is 1. The lowest BCUT2D eigenvalue weighted by Crippen LogP contribution is -2.26. The molecule has 3 N–H and O–H groups in total. The number of nitrogens with zero attached hydrogens (tertiary/aromatic N) is 4. The van der Waals surface area contributed by atoms with Crippen molar-refractivity contribution in [1.29, 1.82) is 0 Å². The van der Waals surface area contributed by atoms with E-state index in [1.807, 2.05) is 7.05 Å². The molecule has 2 rings (SSSR count). The maximum atomic E-state index is 11.7. The summed E-state index contributed by atoms with van der Waals surface area (Å²) in [6, 6.07) is 3.23. The molecule has 2 aromatic rings. The van der Waals surface area contributed by atoms with Gasteiger partial charge in [-0.3, -0.25) is 9.48 Å². The molecule has 0 atom stereocenters. The second-order valence-electron chi connectivity index (χ2n) is 3.78. The van der Waals surface area contributed by atoms with E-state index in [4.69, 9.17) is 5.73 Å². The van der Waals surface area contributed by atoms with Crippen molar-refractivity contribution in [3.8, 4) is 0 Å². The van der Waals surface area contributed by atoms with Crippen molar-refractivity contribution in [3.63, 3.8) is 0 Å². The van der Waals surface area contributed by atoms with Crippen molar-refractivity contribution in [2.24, 2.45) is 7.05 Å². The van der Waals surface area contributed by atoms with E-state index in [1.54, 1.807) is 16.8 Å². The van der Waals surface area contributed by atoms with Gasteiger partial charge in [0.05, 0.1) is 5.56 Å². The average molecular weight is 246 g/mol. The quantitative estimate of drug-likeness (QED) is 0.776. The Hall–Kier alpha value is -2.44. The lowest BCUT2D eigenvalue weighted by molar-refractivity contribution is 0.0953. The number of hydrogen-bond acceptors (Lipinski definition) is 5. The summed E-state index contributed by atoms with van der Waals surface area (Å²) in [6.45, 7) is 0.496. The predicted molar refractivity (Wildman–Crippen MR) is 65.7 cm³/mol. The van der Waals surface area contributed by atoms with Gasteiger partial charge >= 0.3 is 0 Å². The van der Waals surface area contributed by atoms with Crippen molar-refractivity contribution in [3.05, 3.63) is 36.0 Å². The number of nitrogen functional groups attached to an aromatic ring is 1. The lowest BCUT2D eigenvalue weighted by atomic mass is 10.2. The van der Waals surface area contributed by atoms with E-state index in [9.17, 15) is 4.79 Å². The minimum atomic E-state index is -0.176. The predicted octanol–water partition coefficient (Wildman–Crippen LogP) is -0.235. The van der Waals surface area contributed by atoms with E-state index in [0.717, 1.165) is 5.82 Å².